The van der Waals surface area contributed by atoms with Gasteiger partial charge in [-0.3, -0.25) is 0 Å². The Hall–Kier alpha value is -3.26. The number of ether oxygens (including phenoxy) is 2. The number of nitrogens with one attached hydrogen (secondary N) is 1. The summed E-state index contributed by atoms with van der Waals surface area (Å²) in [5.41, 5.74) is 2.99. The molecule has 5 heteroatoms. The Labute approximate surface area is 132 Å². The molecule has 5 nitrogen and oxygen atoms in total. The molecule has 1 N–H and O–H groups in total. The maximum atomic E-state index is 9.52. The van der Waals surface area contributed by atoms with E-state index in [2.05, 4.69) is 16.0 Å². The number of allylic oxidation sites excluding steroid dienone is 1. The van der Waals surface area contributed by atoms with Crippen LogP contribution in [-0.2, 0) is 0 Å². The predicted molar refractivity (Wildman–Crippen MR) is 87.0 cm³/mol. The van der Waals surface area contributed by atoms with E-state index in [1.165, 1.54) is 0 Å². The number of benzene rings is 2. The van der Waals surface area contributed by atoms with Crippen LogP contribution in [0.1, 0.15) is 11.4 Å². The van der Waals surface area contributed by atoms with Gasteiger partial charge in [0.25, 0.3) is 0 Å². The van der Waals surface area contributed by atoms with Gasteiger partial charge in [0.1, 0.15) is 25.1 Å². The van der Waals surface area contributed by atoms with Gasteiger partial charge in [0.05, 0.1) is 16.6 Å². The van der Waals surface area contributed by atoms with Gasteiger partial charge in [-0.15, -0.1) is 0 Å². The van der Waals surface area contributed by atoms with Gasteiger partial charge in [-0.2, -0.15) is 5.26 Å². The van der Waals surface area contributed by atoms with E-state index >= 15 is 0 Å². The first-order valence-corrected chi connectivity index (χ1v) is 7.31. The average molecular weight is 303 g/mol. The molecular weight excluding hydrogens is 290 g/mol. The number of imidazole rings is 1. The Balaban J connectivity index is 1.81. The molecule has 0 amide bonds. The Morgan fingerprint density at radius 1 is 1.13 bits per heavy atom. The van der Waals surface area contributed by atoms with Crippen molar-refractivity contribution in [1.29, 1.82) is 5.26 Å². The fourth-order valence-corrected chi connectivity index (χ4v) is 2.60. The number of rotatable bonds is 2. The molecule has 112 valence electrons. The van der Waals surface area contributed by atoms with Crippen LogP contribution in [-0.4, -0.2) is 23.2 Å². The lowest BCUT2D eigenvalue weighted by molar-refractivity contribution is 0.171. The van der Waals surface area contributed by atoms with Crippen LogP contribution < -0.4 is 9.47 Å². The van der Waals surface area contributed by atoms with E-state index in [4.69, 9.17) is 9.47 Å². The van der Waals surface area contributed by atoms with E-state index in [-0.39, 0.29) is 0 Å². The lowest BCUT2D eigenvalue weighted by Crippen LogP contribution is -2.15. The Morgan fingerprint density at radius 2 is 2.00 bits per heavy atom. The van der Waals surface area contributed by atoms with Crippen LogP contribution in [0.25, 0.3) is 22.7 Å². The maximum absolute atomic E-state index is 9.52. The van der Waals surface area contributed by atoms with Crippen molar-refractivity contribution in [3.63, 3.8) is 0 Å². The number of H-pyrrole nitrogens is 1. The van der Waals surface area contributed by atoms with Crippen LogP contribution in [0.15, 0.2) is 42.5 Å². The minimum atomic E-state index is 0.448. The number of fused-ring (bicyclic) bond motifs is 2. The number of aromatic amines is 1. The van der Waals surface area contributed by atoms with E-state index in [0.29, 0.717) is 36.1 Å². The molecule has 1 aromatic heterocycles. The summed E-state index contributed by atoms with van der Waals surface area (Å²) in [5.74, 6) is 1.91. The van der Waals surface area contributed by atoms with Crippen LogP contribution in [0.2, 0.25) is 0 Å². The molecule has 1 aliphatic heterocycles. The number of hydrogen-bond donors (Lipinski definition) is 1. The van der Waals surface area contributed by atoms with Gasteiger partial charge < -0.3 is 14.5 Å². The average Bonchev–Trinajstić information content (AvgIpc) is 3.03. The van der Waals surface area contributed by atoms with Crippen molar-refractivity contribution in [3.05, 3.63) is 53.9 Å². The summed E-state index contributed by atoms with van der Waals surface area (Å²) in [4.78, 5) is 7.65. The van der Waals surface area contributed by atoms with Gasteiger partial charge in [0.15, 0.2) is 11.5 Å². The monoisotopic (exact) mass is 303 g/mol. The number of nitrogens with zero attached hydrogens (tertiary/aromatic N) is 2. The highest BCUT2D eigenvalue weighted by Gasteiger charge is 2.16. The minimum absolute atomic E-state index is 0.448. The molecule has 0 spiro atoms. The molecule has 3 aromatic rings. The molecular formula is C18H13N3O2. The van der Waals surface area contributed by atoms with Crippen LogP contribution in [0, 0.1) is 11.3 Å². The van der Waals surface area contributed by atoms with Crippen LogP contribution in [0.4, 0.5) is 0 Å². The molecule has 0 saturated carbocycles. The SMILES string of the molecule is N#C/C(=C/c1cccc2c1OCCO2)c1nc2ccccc2[nH]1. The van der Waals surface area contributed by atoms with Gasteiger partial charge in [0, 0.05) is 5.56 Å². The lowest BCUT2D eigenvalue weighted by atomic mass is 10.1. The first-order valence-electron chi connectivity index (χ1n) is 7.31. The topological polar surface area (TPSA) is 70.9 Å². The van der Waals surface area contributed by atoms with Crippen LogP contribution in [0.3, 0.4) is 0 Å². The molecule has 23 heavy (non-hydrogen) atoms. The standard InChI is InChI=1S/C18H13N3O2/c19-11-13(18-20-14-5-1-2-6-15(14)21-18)10-12-4-3-7-16-17(12)23-9-8-22-16/h1-7,10H,8-9H2,(H,20,21)/b13-10-. The third kappa shape index (κ3) is 2.40. The highest BCUT2D eigenvalue weighted by Crippen LogP contribution is 2.35. The highest BCUT2D eigenvalue weighted by atomic mass is 16.6. The first-order chi connectivity index (χ1) is 11.3. The van der Waals surface area contributed by atoms with Crippen molar-refractivity contribution in [2.24, 2.45) is 0 Å². The number of nitriles is 1. The van der Waals surface area contributed by atoms with Crippen molar-refractivity contribution in [2.45, 2.75) is 0 Å². The van der Waals surface area contributed by atoms with Crippen molar-refractivity contribution in [3.8, 4) is 17.6 Å². The van der Waals surface area contributed by atoms with Crippen molar-refractivity contribution in [2.75, 3.05) is 13.2 Å². The molecule has 0 aliphatic carbocycles. The molecule has 2 aromatic carbocycles. The van der Waals surface area contributed by atoms with E-state index in [0.717, 1.165) is 16.6 Å². The molecule has 0 saturated heterocycles. The fraction of sp³-hybridized carbons (Fsp3) is 0.111. The number of para-hydroxylation sites is 3. The molecule has 0 fully saturated rings. The number of hydrogen-bond acceptors (Lipinski definition) is 4. The summed E-state index contributed by atoms with van der Waals surface area (Å²) in [6, 6.07) is 15.5. The second-order valence-electron chi connectivity index (χ2n) is 5.14. The van der Waals surface area contributed by atoms with Gasteiger partial charge in [0.2, 0.25) is 0 Å². The van der Waals surface area contributed by atoms with E-state index < -0.39 is 0 Å². The Morgan fingerprint density at radius 3 is 2.87 bits per heavy atom. The summed E-state index contributed by atoms with van der Waals surface area (Å²) < 4.78 is 11.3. The zero-order valence-electron chi connectivity index (χ0n) is 12.2. The molecule has 0 radical (unpaired) electrons. The second-order valence-corrected chi connectivity index (χ2v) is 5.14. The highest BCUT2D eigenvalue weighted by molar-refractivity contribution is 5.91. The largest absolute Gasteiger partial charge is 0.486 e. The molecule has 0 unspecified atom stereocenters. The van der Waals surface area contributed by atoms with E-state index in [1.807, 2.05) is 42.5 Å². The lowest BCUT2D eigenvalue weighted by Gasteiger charge is -2.19. The van der Waals surface area contributed by atoms with Gasteiger partial charge in [-0.05, 0) is 24.3 Å². The van der Waals surface area contributed by atoms with Gasteiger partial charge in [-0.1, -0.05) is 24.3 Å². The Kier molecular flexibility index (Phi) is 3.21. The predicted octanol–water partition coefficient (Wildman–Crippen LogP) is 3.40. The van der Waals surface area contributed by atoms with Crippen LogP contribution in [0.5, 0.6) is 11.5 Å². The third-order valence-corrected chi connectivity index (χ3v) is 3.66. The van der Waals surface area contributed by atoms with E-state index in [9.17, 15) is 5.26 Å². The quantitative estimate of drug-likeness (QED) is 0.737. The molecule has 0 atom stereocenters. The normalized spacial score (nSPS) is 13.8. The minimum Gasteiger partial charge on any atom is -0.486 e. The zero-order chi connectivity index (χ0) is 15.6. The van der Waals surface area contributed by atoms with Crippen LogP contribution >= 0.6 is 0 Å². The van der Waals surface area contributed by atoms with Crippen molar-refractivity contribution in [1.82, 2.24) is 9.97 Å². The fourth-order valence-electron chi connectivity index (χ4n) is 2.60. The Bertz CT molecular complexity index is 917. The van der Waals surface area contributed by atoms with Crippen molar-refractivity contribution >= 4 is 22.7 Å². The summed E-state index contributed by atoms with van der Waals surface area (Å²) in [5, 5.41) is 9.52. The summed E-state index contributed by atoms with van der Waals surface area (Å²) in [7, 11) is 0. The number of aromatic nitrogens is 2. The molecule has 2 heterocycles. The summed E-state index contributed by atoms with van der Waals surface area (Å²) >= 11 is 0. The maximum Gasteiger partial charge on any atom is 0.168 e. The van der Waals surface area contributed by atoms with Crippen molar-refractivity contribution < 1.29 is 9.47 Å². The first kappa shape index (κ1) is 13.4. The van der Waals surface area contributed by atoms with Gasteiger partial charge >= 0.3 is 0 Å². The van der Waals surface area contributed by atoms with E-state index in [1.54, 1.807) is 6.08 Å². The molecule has 4 rings (SSSR count). The summed E-state index contributed by atoms with van der Waals surface area (Å²) in [6.07, 6.45) is 1.77. The zero-order valence-corrected chi connectivity index (χ0v) is 12.2. The molecule has 0 bridgehead atoms. The summed E-state index contributed by atoms with van der Waals surface area (Å²) in [6.45, 7) is 1.04. The smallest absolute Gasteiger partial charge is 0.168 e. The van der Waals surface area contributed by atoms with Gasteiger partial charge in [-0.25, -0.2) is 4.98 Å². The molecule has 1 aliphatic rings. The third-order valence-electron chi connectivity index (χ3n) is 3.66. The second kappa shape index (κ2) is 5.50.